The molecule has 0 bridgehead atoms. The highest BCUT2D eigenvalue weighted by Gasteiger charge is 2.35. The summed E-state index contributed by atoms with van der Waals surface area (Å²) in [4.78, 5) is 12.8. The van der Waals surface area contributed by atoms with Crippen LogP contribution >= 0.6 is 11.6 Å². The van der Waals surface area contributed by atoms with Crippen LogP contribution in [0.5, 0.6) is 11.5 Å². The summed E-state index contributed by atoms with van der Waals surface area (Å²) in [7, 11) is -1.63. The molecule has 0 aliphatic rings. The van der Waals surface area contributed by atoms with Gasteiger partial charge in [0.1, 0.15) is 18.0 Å². The minimum Gasteiger partial charge on any atom is -0.497 e. The summed E-state index contributed by atoms with van der Waals surface area (Å²) in [5.41, 5.74) is -0.937. The largest absolute Gasteiger partial charge is 0.497 e. The molecular weight excluding hydrogens is 521 g/mol. The maximum absolute atomic E-state index is 13.6. The lowest BCUT2D eigenvalue weighted by molar-refractivity contribution is -0.137. The number of carbonyl (C=O) groups is 1. The number of halogens is 4. The molecule has 12 heteroatoms. The number of anilines is 2. The second-order valence-electron chi connectivity index (χ2n) is 7.60. The number of hydrogen-bond donors (Lipinski definition) is 1. The smallest absolute Gasteiger partial charge is 0.418 e. The molecule has 0 spiro atoms. The van der Waals surface area contributed by atoms with Gasteiger partial charge in [0.25, 0.3) is 10.0 Å². The van der Waals surface area contributed by atoms with Crippen molar-refractivity contribution in [2.45, 2.75) is 18.0 Å². The average molecular weight is 543 g/mol. The van der Waals surface area contributed by atoms with Crippen LogP contribution < -0.4 is 19.1 Å². The van der Waals surface area contributed by atoms with Crippen LogP contribution in [0, 0.1) is 6.92 Å². The topological polar surface area (TPSA) is 84.9 Å². The monoisotopic (exact) mass is 542 g/mol. The van der Waals surface area contributed by atoms with Crippen molar-refractivity contribution in [3.63, 3.8) is 0 Å². The highest BCUT2D eigenvalue weighted by Crippen LogP contribution is 2.38. The molecule has 0 heterocycles. The molecule has 0 aromatic heterocycles. The number of hydrogen-bond acceptors (Lipinski definition) is 5. The van der Waals surface area contributed by atoms with Gasteiger partial charge in [-0.25, -0.2) is 8.42 Å². The first-order valence-corrected chi connectivity index (χ1v) is 12.2. The normalized spacial score (nSPS) is 11.6. The fraction of sp³-hybridized carbons (Fsp3) is 0.208. The molecule has 1 amide bonds. The van der Waals surface area contributed by atoms with E-state index in [-0.39, 0.29) is 21.4 Å². The third-order valence-electron chi connectivity index (χ3n) is 5.11. The van der Waals surface area contributed by atoms with Crippen molar-refractivity contribution in [2.24, 2.45) is 0 Å². The first kappa shape index (κ1) is 27.2. The van der Waals surface area contributed by atoms with Gasteiger partial charge in [0.05, 0.1) is 36.1 Å². The Labute approximate surface area is 211 Å². The zero-order valence-electron chi connectivity index (χ0n) is 19.4. The van der Waals surface area contributed by atoms with E-state index < -0.39 is 39.9 Å². The number of methoxy groups -OCH3 is 2. The van der Waals surface area contributed by atoms with Gasteiger partial charge in [-0.1, -0.05) is 29.3 Å². The van der Waals surface area contributed by atoms with Crippen molar-refractivity contribution in [3.8, 4) is 11.5 Å². The fourth-order valence-electron chi connectivity index (χ4n) is 3.31. The molecule has 192 valence electrons. The number of aryl methyl sites for hydroxylation is 1. The summed E-state index contributed by atoms with van der Waals surface area (Å²) >= 11 is 5.70. The Morgan fingerprint density at radius 1 is 1.00 bits per heavy atom. The van der Waals surface area contributed by atoms with Gasteiger partial charge in [-0.15, -0.1) is 0 Å². The SMILES string of the molecule is COc1ccc(N(CC(=O)Nc2ccc(Cl)cc2C(F)(F)F)S(=O)(=O)c2ccc(C)cc2)c(OC)c1. The Kier molecular flexibility index (Phi) is 8.05. The fourth-order valence-corrected chi connectivity index (χ4v) is 4.91. The maximum Gasteiger partial charge on any atom is 0.418 e. The lowest BCUT2D eigenvalue weighted by Gasteiger charge is -2.26. The number of rotatable bonds is 8. The number of nitrogens with zero attached hydrogens (tertiary/aromatic N) is 1. The zero-order valence-corrected chi connectivity index (χ0v) is 21.0. The summed E-state index contributed by atoms with van der Waals surface area (Å²) in [6.45, 7) is 0.928. The molecule has 0 saturated heterocycles. The number of alkyl halides is 3. The van der Waals surface area contributed by atoms with E-state index in [0.717, 1.165) is 15.9 Å². The molecule has 0 radical (unpaired) electrons. The molecule has 0 unspecified atom stereocenters. The van der Waals surface area contributed by atoms with Crippen molar-refractivity contribution in [2.75, 3.05) is 30.4 Å². The van der Waals surface area contributed by atoms with Crippen molar-refractivity contribution in [1.29, 1.82) is 0 Å². The molecule has 0 atom stereocenters. The van der Waals surface area contributed by atoms with E-state index in [4.69, 9.17) is 21.1 Å². The highest BCUT2D eigenvalue weighted by atomic mass is 35.5. The predicted molar refractivity (Wildman–Crippen MR) is 130 cm³/mol. The molecule has 3 aromatic rings. The molecule has 0 aliphatic heterocycles. The van der Waals surface area contributed by atoms with Crippen LogP contribution in [-0.2, 0) is 21.0 Å². The van der Waals surface area contributed by atoms with Crippen molar-refractivity contribution in [1.82, 2.24) is 0 Å². The molecule has 7 nitrogen and oxygen atoms in total. The van der Waals surface area contributed by atoms with E-state index in [9.17, 15) is 26.4 Å². The van der Waals surface area contributed by atoms with Gasteiger partial charge in [0.15, 0.2) is 0 Å². The number of benzene rings is 3. The van der Waals surface area contributed by atoms with Crippen molar-refractivity contribution < 1.29 is 35.9 Å². The number of sulfonamides is 1. The number of nitrogens with one attached hydrogen (secondary N) is 1. The van der Waals surface area contributed by atoms with Gasteiger partial charge in [-0.05, 0) is 49.4 Å². The van der Waals surface area contributed by atoms with Crippen LogP contribution in [0.1, 0.15) is 11.1 Å². The van der Waals surface area contributed by atoms with Gasteiger partial charge in [0.2, 0.25) is 5.91 Å². The Morgan fingerprint density at radius 2 is 1.67 bits per heavy atom. The van der Waals surface area contributed by atoms with Gasteiger partial charge in [-0.3, -0.25) is 9.10 Å². The minimum atomic E-state index is -4.81. The molecular formula is C24H22ClF3N2O5S. The third-order valence-corrected chi connectivity index (χ3v) is 7.12. The lowest BCUT2D eigenvalue weighted by atomic mass is 10.1. The lowest BCUT2D eigenvalue weighted by Crippen LogP contribution is -2.38. The number of amides is 1. The van der Waals surface area contributed by atoms with Crippen molar-refractivity contribution in [3.05, 3.63) is 76.8 Å². The molecule has 1 N–H and O–H groups in total. The summed E-state index contributed by atoms with van der Waals surface area (Å²) in [6.07, 6.45) is -4.81. The Morgan fingerprint density at radius 3 is 2.25 bits per heavy atom. The molecule has 0 saturated carbocycles. The number of ether oxygens (including phenoxy) is 2. The average Bonchev–Trinajstić information content (AvgIpc) is 2.83. The summed E-state index contributed by atoms with van der Waals surface area (Å²) in [5, 5.41) is 1.97. The van der Waals surface area contributed by atoms with Gasteiger partial charge >= 0.3 is 6.18 Å². The van der Waals surface area contributed by atoms with Crippen LogP contribution in [0.3, 0.4) is 0 Å². The Balaban J connectivity index is 2.06. The van der Waals surface area contributed by atoms with E-state index in [1.54, 1.807) is 19.1 Å². The van der Waals surface area contributed by atoms with Gasteiger partial charge < -0.3 is 14.8 Å². The predicted octanol–water partition coefficient (Wildman–Crippen LogP) is 5.52. The van der Waals surface area contributed by atoms with Gasteiger partial charge in [-0.2, -0.15) is 13.2 Å². The summed E-state index contributed by atoms with van der Waals surface area (Å²) in [6, 6.07) is 13.0. The second kappa shape index (κ2) is 10.7. The maximum atomic E-state index is 13.6. The van der Waals surface area contributed by atoms with Crippen LogP contribution in [0.2, 0.25) is 5.02 Å². The van der Waals surface area contributed by atoms with Gasteiger partial charge in [0, 0.05) is 11.1 Å². The third kappa shape index (κ3) is 6.03. The second-order valence-corrected chi connectivity index (χ2v) is 9.90. The van der Waals surface area contributed by atoms with E-state index in [0.29, 0.717) is 11.8 Å². The highest BCUT2D eigenvalue weighted by molar-refractivity contribution is 7.92. The zero-order chi connectivity index (χ0) is 26.7. The number of carbonyl (C=O) groups excluding carboxylic acids is 1. The Hall–Kier alpha value is -3.44. The molecule has 0 aliphatic carbocycles. The van der Waals surface area contributed by atoms with Crippen LogP contribution in [0.4, 0.5) is 24.5 Å². The Bertz CT molecular complexity index is 1360. The van der Waals surface area contributed by atoms with Crippen LogP contribution in [0.25, 0.3) is 0 Å². The van der Waals surface area contributed by atoms with E-state index in [1.165, 1.54) is 50.6 Å². The van der Waals surface area contributed by atoms with Crippen molar-refractivity contribution >= 4 is 38.9 Å². The van der Waals surface area contributed by atoms with E-state index in [1.807, 2.05) is 0 Å². The first-order valence-electron chi connectivity index (χ1n) is 10.3. The quantitative estimate of drug-likeness (QED) is 0.405. The molecule has 36 heavy (non-hydrogen) atoms. The van der Waals surface area contributed by atoms with Crippen LogP contribution in [-0.4, -0.2) is 35.1 Å². The van der Waals surface area contributed by atoms with E-state index in [2.05, 4.69) is 5.32 Å². The summed E-state index contributed by atoms with van der Waals surface area (Å²) in [5.74, 6) is -0.583. The first-order chi connectivity index (χ1) is 16.9. The molecule has 3 rings (SSSR count). The summed E-state index contributed by atoms with van der Waals surface area (Å²) < 4.78 is 78.8. The molecule has 3 aromatic carbocycles. The molecule has 0 fully saturated rings. The standard InChI is InChI=1S/C24H22ClF3N2O5S/c1-15-4-8-18(9-5-15)36(32,33)30(21-11-7-17(34-2)13-22(21)35-3)14-23(31)29-20-10-6-16(25)12-19(20)24(26,27)28/h4-13H,14H2,1-3H3,(H,29,31). The van der Waals surface area contributed by atoms with Crippen LogP contribution in [0.15, 0.2) is 65.6 Å². The minimum absolute atomic E-state index is 0.0128. The van der Waals surface area contributed by atoms with E-state index >= 15 is 0 Å².